The number of aromatic nitrogens is 2. The number of rotatable bonds is 7. The van der Waals surface area contributed by atoms with E-state index in [1.54, 1.807) is 0 Å². The van der Waals surface area contributed by atoms with Gasteiger partial charge in [0.05, 0.1) is 11.4 Å². The van der Waals surface area contributed by atoms with Crippen molar-refractivity contribution >= 4 is 21.5 Å². The van der Waals surface area contributed by atoms with Crippen molar-refractivity contribution in [2.75, 3.05) is 0 Å². The van der Waals surface area contributed by atoms with Gasteiger partial charge in [0.25, 0.3) is 0 Å². The van der Waals surface area contributed by atoms with Crippen molar-refractivity contribution in [3.05, 3.63) is 253 Å². The molecule has 0 aliphatic heterocycles. The summed E-state index contributed by atoms with van der Waals surface area (Å²) in [7, 11) is 0. The van der Waals surface area contributed by atoms with Crippen LogP contribution >= 0.6 is 0 Å². The van der Waals surface area contributed by atoms with Crippen LogP contribution in [0.5, 0.6) is 0 Å². The maximum Gasteiger partial charge on any atom is 0.160 e. The van der Waals surface area contributed by atoms with Gasteiger partial charge in [0, 0.05) is 22.1 Å². The third-order valence-electron chi connectivity index (χ3n) is 13.4. The second-order valence-electron chi connectivity index (χ2n) is 17.1. The van der Waals surface area contributed by atoms with Gasteiger partial charge in [0.2, 0.25) is 0 Å². The molecule has 0 radical (unpaired) electrons. The van der Waals surface area contributed by atoms with Crippen LogP contribution in [-0.4, -0.2) is 9.97 Å². The third kappa shape index (κ3) is 6.34. The Labute approximate surface area is 373 Å². The Kier molecular flexibility index (Phi) is 8.98. The Bertz CT molecular complexity index is 3540. The molecule has 0 amide bonds. The Hall–Kier alpha value is -8.20. The fourth-order valence-corrected chi connectivity index (χ4v) is 10.0. The van der Waals surface area contributed by atoms with E-state index in [0.29, 0.717) is 5.82 Å². The van der Waals surface area contributed by atoms with Crippen LogP contribution in [0.15, 0.2) is 237 Å². The predicted molar refractivity (Wildman–Crippen MR) is 267 cm³/mol. The third-order valence-corrected chi connectivity index (χ3v) is 13.4. The molecule has 1 aliphatic carbocycles. The fourth-order valence-electron chi connectivity index (χ4n) is 10.0. The van der Waals surface area contributed by atoms with Crippen LogP contribution in [0.2, 0.25) is 0 Å². The minimum Gasteiger partial charge on any atom is -0.228 e. The van der Waals surface area contributed by atoms with Crippen LogP contribution in [0, 0.1) is 0 Å². The second-order valence-corrected chi connectivity index (χ2v) is 17.1. The molecule has 0 saturated heterocycles. The molecule has 0 saturated carbocycles. The first kappa shape index (κ1) is 37.6. The van der Waals surface area contributed by atoms with Gasteiger partial charge in [-0.2, -0.15) is 0 Å². The van der Waals surface area contributed by atoms with E-state index in [1.807, 2.05) is 18.2 Å². The standard InChI is InChI=1S/C62H42N2/c1-62(50-21-9-4-10-22-50)57-38-47(41-15-5-2-6-16-41)31-33-54(57)55-34-32-48(39-58(55)62)43-25-28-44(29-26-43)51-35-36-56(53-24-14-13-23-52(51)53)60-40-59(63-61(64-60)45-18-7-3-8-19-45)49-30-27-42-17-11-12-20-46(42)37-49/h2-40H,1H3. The normalized spacial score (nSPS) is 14.1. The van der Waals surface area contributed by atoms with Crippen LogP contribution < -0.4 is 0 Å². The molecule has 11 aromatic rings. The highest BCUT2D eigenvalue weighted by atomic mass is 14.9. The molecule has 0 bridgehead atoms. The van der Waals surface area contributed by atoms with E-state index in [0.717, 1.165) is 33.5 Å². The van der Waals surface area contributed by atoms with Crippen LogP contribution in [0.1, 0.15) is 23.6 Å². The maximum atomic E-state index is 5.23. The largest absolute Gasteiger partial charge is 0.228 e. The minimum atomic E-state index is -0.310. The molecule has 1 heterocycles. The first-order valence-electron chi connectivity index (χ1n) is 22.1. The molecular weight excluding hydrogens is 773 g/mol. The van der Waals surface area contributed by atoms with E-state index in [1.165, 1.54) is 77.4 Å². The molecule has 10 aromatic carbocycles. The van der Waals surface area contributed by atoms with Crippen molar-refractivity contribution in [3.8, 4) is 78.4 Å². The lowest BCUT2D eigenvalue weighted by Crippen LogP contribution is -2.22. The summed E-state index contributed by atoms with van der Waals surface area (Å²) in [6, 6.07) is 85.6. The highest BCUT2D eigenvalue weighted by Crippen LogP contribution is 2.54. The molecule has 64 heavy (non-hydrogen) atoms. The Morgan fingerprint density at radius 1 is 0.297 bits per heavy atom. The Morgan fingerprint density at radius 2 is 0.766 bits per heavy atom. The predicted octanol–water partition coefficient (Wildman–Crippen LogP) is 16.1. The van der Waals surface area contributed by atoms with Crippen molar-refractivity contribution in [2.45, 2.75) is 12.3 Å². The van der Waals surface area contributed by atoms with Gasteiger partial charge in [-0.3, -0.25) is 0 Å². The molecule has 1 atom stereocenters. The lowest BCUT2D eigenvalue weighted by molar-refractivity contribution is 0.714. The van der Waals surface area contributed by atoms with Crippen LogP contribution in [-0.2, 0) is 5.41 Å². The average molecular weight is 815 g/mol. The Balaban J connectivity index is 0.923. The lowest BCUT2D eigenvalue weighted by atomic mass is 9.73. The number of hydrogen-bond acceptors (Lipinski definition) is 2. The molecule has 0 N–H and O–H groups in total. The molecule has 1 aromatic heterocycles. The fraction of sp³-hybridized carbons (Fsp3) is 0.0323. The van der Waals surface area contributed by atoms with E-state index in [9.17, 15) is 0 Å². The van der Waals surface area contributed by atoms with Gasteiger partial charge in [0.1, 0.15) is 0 Å². The number of fused-ring (bicyclic) bond motifs is 5. The maximum absolute atomic E-state index is 5.23. The quantitative estimate of drug-likeness (QED) is 0.160. The number of hydrogen-bond donors (Lipinski definition) is 0. The first-order valence-corrected chi connectivity index (χ1v) is 22.1. The van der Waals surface area contributed by atoms with E-state index >= 15 is 0 Å². The smallest absolute Gasteiger partial charge is 0.160 e. The molecule has 2 heteroatoms. The summed E-state index contributed by atoms with van der Waals surface area (Å²) in [5.41, 5.74) is 18.5. The summed E-state index contributed by atoms with van der Waals surface area (Å²) >= 11 is 0. The van der Waals surface area contributed by atoms with Gasteiger partial charge in [0.15, 0.2) is 5.82 Å². The summed E-state index contributed by atoms with van der Waals surface area (Å²) in [6.45, 7) is 2.40. The highest BCUT2D eigenvalue weighted by Gasteiger charge is 2.41. The van der Waals surface area contributed by atoms with Gasteiger partial charge in [-0.25, -0.2) is 9.97 Å². The van der Waals surface area contributed by atoms with Gasteiger partial charge in [-0.15, -0.1) is 0 Å². The zero-order valence-corrected chi connectivity index (χ0v) is 35.4. The highest BCUT2D eigenvalue weighted by molar-refractivity contribution is 6.05. The summed E-state index contributed by atoms with van der Waals surface area (Å²) in [5, 5.41) is 4.73. The summed E-state index contributed by atoms with van der Waals surface area (Å²) in [4.78, 5) is 10.4. The van der Waals surface area contributed by atoms with Crippen LogP contribution in [0.25, 0.3) is 100.0 Å². The van der Waals surface area contributed by atoms with Crippen molar-refractivity contribution in [1.29, 1.82) is 0 Å². The van der Waals surface area contributed by atoms with E-state index in [-0.39, 0.29) is 5.41 Å². The zero-order chi connectivity index (χ0) is 42.6. The summed E-state index contributed by atoms with van der Waals surface area (Å²) in [5.74, 6) is 0.710. The number of benzene rings is 10. The molecule has 1 aliphatic rings. The minimum absolute atomic E-state index is 0.310. The molecule has 0 fully saturated rings. The van der Waals surface area contributed by atoms with Crippen molar-refractivity contribution in [2.24, 2.45) is 0 Å². The summed E-state index contributed by atoms with van der Waals surface area (Å²) < 4.78 is 0. The molecule has 12 rings (SSSR count). The van der Waals surface area contributed by atoms with Crippen molar-refractivity contribution in [1.82, 2.24) is 9.97 Å². The van der Waals surface area contributed by atoms with E-state index < -0.39 is 0 Å². The molecular formula is C62H42N2. The van der Waals surface area contributed by atoms with E-state index in [4.69, 9.17) is 9.97 Å². The SMILES string of the molecule is CC1(c2ccccc2)c2cc(-c3ccccc3)ccc2-c2ccc(-c3ccc(-c4ccc(-c5cc(-c6ccc7ccccc7c6)nc(-c6ccccc6)n5)c5ccccc45)cc3)cc21. The molecule has 0 spiro atoms. The monoisotopic (exact) mass is 814 g/mol. The van der Waals surface area contributed by atoms with Gasteiger partial charge in [-0.1, -0.05) is 212 Å². The molecule has 300 valence electrons. The Morgan fingerprint density at radius 3 is 1.44 bits per heavy atom. The number of nitrogens with zero attached hydrogens (tertiary/aromatic N) is 2. The van der Waals surface area contributed by atoms with E-state index in [2.05, 4.69) is 225 Å². The molecule has 2 nitrogen and oxygen atoms in total. The van der Waals surface area contributed by atoms with Gasteiger partial charge < -0.3 is 0 Å². The van der Waals surface area contributed by atoms with Gasteiger partial charge in [-0.05, 0) is 114 Å². The summed E-state index contributed by atoms with van der Waals surface area (Å²) in [6.07, 6.45) is 0. The zero-order valence-electron chi connectivity index (χ0n) is 35.4. The average Bonchev–Trinajstić information content (AvgIpc) is 3.63. The molecule has 1 unspecified atom stereocenters. The van der Waals surface area contributed by atoms with Gasteiger partial charge >= 0.3 is 0 Å². The lowest BCUT2D eigenvalue weighted by Gasteiger charge is -2.29. The van der Waals surface area contributed by atoms with Crippen molar-refractivity contribution < 1.29 is 0 Å². The van der Waals surface area contributed by atoms with Crippen LogP contribution in [0.4, 0.5) is 0 Å². The van der Waals surface area contributed by atoms with Crippen LogP contribution in [0.3, 0.4) is 0 Å². The first-order chi connectivity index (χ1) is 31.6. The second kappa shape index (κ2) is 15.3. The topological polar surface area (TPSA) is 25.8 Å². The van der Waals surface area contributed by atoms with Crippen molar-refractivity contribution in [3.63, 3.8) is 0 Å².